The molecule has 0 saturated carbocycles. The normalized spacial score (nSPS) is 9.00. The van der Waals surface area contributed by atoms with Crippen molar-refractivity contribution >= 4 is 17.5 Å². The van der Waals surface area contributed by atoms with Crippen LogP contribution in [0.25, 0.3) is 0 Å². The average Bonchev–Trinajstić information content (AvgIpc) is 2.16. The lowest BCUT2D eigenvalue weighted by atomic mass is 10.2. The highest BCUT2D eigenvalue weighted by Crippen LogP contribution is 2.12. The molecule has 0 spiro atoms. The number of halogens is 1. The highest BCUT2D eigenvalue weighted by atomic mass is 35.5. The molecule has 0 aliphatic heterocycles. The first kappa shape index (κ1) is 9.49. The number of carbonyl (C=O) groups is 1. The minimum Gasteiger partial charge on any atom is -0.354 e. The number of carbonyl (C=O) groups excluding carboxylic acids is 1. The van der Waals surface area contributed by atoms with E-state index in [-0.39, 0.29) is 22.3 Å². The number of pyridine rings is 1. The van der Waals surface area contributed by atoms with Crippen molar-refractivity contribution in [3.63, 3.8) is 0 Å². The highest BCUT2D eigenvalue weighted by molar-refractivity contribution is 6.30. The van der Waals surface area contributed by atoms with Crippen LogP contribution in [-0.4, -0.2) is 17.9 Å². The van der Waals surface area contributed by atoms with Gasteiger partial charge < -0.3 is 5.32 Å². The molecule has 0 fully saturated rings. The van der Waals surface area contributed by atoms with Crippen LogP contribution in [0.15, 0.2) is 12.1 Å². The molecular formula is C8H6ClN3O. The summed E-state index contributed by atoms with van der Waals surface area (Å²) in [6, 6.07) is 4.76. The molecule has 1 heterocycles. The monoisotopic (exact) mass is 195 g/mol. The van der Waals surface area contributed by atoms with E-state index in [0.717, 1.165) is 0 Å². The first-order valence-corrected chi connectivity index (χ1v) is 3.85. The Morgan fingerprint density at radius 1 is 1.69 bits per heavy atom. The molecule has 1 aromatic heterocycles. The minimum absolute atomic E-state index is 0.0450. The summed E-state index contributed by atoms with van der Waals surface area (Å²) in [6.45, 7) is 0. The Morgan fingerprint density at radius 2 is 2.38 bits per heavy atom. The third-order valence-electron chi connectivity index (χ3n) is 1.43. The quantitative estimate of drug-likeness (QED) is 0.679. The molecule has 0 radical (unpaired) electrons. The zero-order chi connectivity index (χ0) is 9.84. The van der Waals surface area contributed by atoms with Crippen LogP contribution in [0.5, 0.6) is 0 Å². The summed E-state index contributed by atoms with van der Waals surface area (Å²) in [5.41, 5.74) is 0.459. The third-order valence-corrected chi connectivity index (χ3v) is 1.72. The Balaban J connectivity index is 3.11. The second kappa shape index (κ2) is 3.87. The Labute approximate surface area is 80.2 Å². The molecule has 0 unspecified atom stereocenters. The molecule has 0 saturated heterocycles. The molecule has 1 N–H and O–H groups in total. The van der Waals surface area contributed by atoms with E-state index in [1.165, 1.54) is 19.2 Å². The number of hydrogen-bond acceptors (Lipinski definition) is 3. The Hall–Kier alpha value is -1.60. The van der Waals surface area contributed by atoms with Crippen LogP contribution in [0.3, 0.4) is 0 Å². The van der Waals surface area contributed by atoms with Crippen molar-refractivity contribution in [2.24, 2.45) is 0 Å². The number of hydrogen-bond donors (Lipinski definition) is 1. The molecule has 5 heteroatoms. The third kappa shape index (κ3) is 1.95. The lowest BCUT2D eigenvalue weighted by Crippen LogP contribution is -2.19. The van der Waals surface area contributed by atoms with Crippen LogP contribution in [0.2, 0.25) is 5.15 Å². The topological polar surface area (TPSA) is 65.8 Å². The predicted octanol–water partition coefficient (Wildman–Crippen LogP) is 0.966. The van der Waals surface area contributed by atoms with Crippen molar-refractivity contribution in [2.45, 2.75) is 0 Å². The average molecular weight is 196 g/mol. The van der Waals surface area contributed by atoms with Gasteiger partial charge in [0.15, 0.2) is 0 Å². The molecule has 0 aliphatic rings. The van der Waals surface area contributed by atoms with Crippen LogP contribution in [0.1, 0.15) is 16.1 Å². The Bertz CT molecular complexity index is 383. The van der Waals surface area contributed by atoms with Gasteiger partial charge in [-0.1, -0.05) is 11.6 Å². The summed E-state index contributed by atoms with van der Waals surface area (Å²) >= 11 is 5.62. The number of aromatic nitrogens is 1. The van der Waals surface area contributed by atoms with Crippen LogP contribution in [0, 0.1) is 11.3 Å². The summed E-state index contributed by atoms with van der Waals surface area (Å²) in [5.74, 6) is -0.327. The number of nitriles is 1. The fourth-order valence-corrected chi connectivity index (χ4v) is 0.969. The van der Waals surface area contributed by atoms with Gasteiger partial charge >= 0.3 is 0 Å². The van der Waals surface area contributed by atoms with Crippen molar-refractivity contribution in [2.75, 3.05) is 7.05 Å². The molecule has 1 rings (SSSR count). The summed E-state index contributed by atoms with van der Waals surface area (Å²) in [5, 5.41) is 11.0. The first-order valence-electron chi connectivity index (χ1n) is 3.47. The van der Waals surface area contributed by atoms with Crippen molar-refractivity contribution in [1.82, 2.24) is 10.3 Å². The van der Waals surface area contributed by atoms with Gasteiger partial charge in [0.2, 0.25) is 0 Å². The zero-order valence-corrected chi connectivity index (χ0v) is 7.59. The summed E-state index contributed by atoms with van der Waals surface area (Å²) in [4.78, 5) is 14.8. The lowest BCUT2D eigenvalue weighted by molar-refractivity contribution is 0.0958. The van der Waals surface area contributed by atoms with Gasteiger partial charge in [0.05, 0.1) is 5.56 Å². The van der Waals surface area contributed by atoms with Gasteiger partial charge in [-0.3, -0.25) is 4.79 Å². The van der Waals surface area contributed by atoms with Crippen molar-refractivity contribution in [1.29, 1.82) is 5.26 Å². The van der Waals surface area contributed by atoms with Crippen molar-refractivity contribution < 1.29 is 4.79 Å². The van der Waals surface area contributed by atoms with Gasteiger partial charge in [-0.2, -0.15) is 5.26 Å². The van der Waals surface area contributed by atoms with E-state index in [0.29, 0.717) is 0 Å². The summed E-state index contributed by atoms with van der Waals surface area (Å²) < 4.78 is 0. The van der Waals surface area contributed by atoms with Gasteiger partial charge in [-0.15, -0.1) is 0 Å². The van der Waals surface area contributed by atoms with Gasteiger partial charge in [0, 0.05) is 7.05 Å². The van der Waals surface area contributed by atoms with E-state index in [2.05, 4.69) is 10.3 Å². The molecule has 0 bridgehead atoms. The number of nitrogens with zero attached hydrogens (tertiary/aromatic N) is 2. The lowest BCUT2D eigenvalue weighted by Gasteiger charge is -1.99. The molecular weight excluding hydrogens is 190 g/mol. The SMILES string of the molecule is CNC(=O)c1ccc(C#N)c(Cl)n1. The van der Waals surface area contributed by atoms with E-state index < -0.39 is 0 Å². The largest absolute Gasteiger partial charge is 0.354 e. The fourth-order valence-electron chi connectivity index (χ4n) is 0.772. The highest BCUT2D eigenvalue weighted by Gasteiger charge is 2.07. The predicted molar refractivity (Wildman–Crippen MR) is 47.4 cm³/mol. The van der Waals surface area contributed by atoms with E-state index in [1.807, 2.05) is 6.07 Å². The van der Waals surface area contributed by atoms with E-state index in [1.54, 1.807) is 0 Å². The molecule has 0 atom stereocenters. The standard InChI is InChI=1S/C8H6ClN3O/c1-11-8(13)6-3-2-5(4-10)7(9)12-6/h2-3H,1H3,(H,11,13). The van der Waals surface area contributed by atoms with E-state index in [9.17, 15) is 4.79 Å². The fraction of sp³-hybridized carbons (Fsp3) is 0.125. The second-order valence-electron chi connectivity index (χ2n) is 2.23. The molecule has 0 aromatic carbocycles. The minimum atomic E-state index is -0.327. The smallest absolute Gasteiger partial charge is 0.269 e. The molecule has 1 aromatic rings. The van der Waals surface area contributed by atoms with Crippen LogP contribution >= 0.6 is 11.6 Å². The van der Waals surface area contributed by atoms with Crippen LogP contribution in [-0.2, 0) is 0 Å². The molecule has 4 nitrogen and oxygen atoms in total. The summed E-state index contributed by atoms with van der Waals surface area (Å²) in [6.07, 6.45) is 0. The number of amides is 1. The van der Waals surface area contributed by atoms with E-state index >= 15 is 0 Å². The molecule has 1 amide bonds. The molecule has 13 heavy (non-hydrogen) atoms. The number of rotatable bonds is 1. The maximum Gasteiger partial charge on any atom is 0.269 e. The van der Waals surface area contributed by atoms with Crippen molar-refractivity contribution in [3.05, 3.63) is 28.5 Å². The first-order chi connectivity index (χ1) is 6.19. The zero-order valence-electron chi connectivity index (χ0n) is 6.84. The number of nitrogens with one attached hydrogen (secondary N) is 1. The summed E-state index contributed by atoms with van der Waals surface area (Å²) in [7, 11) is 1.50. The molecule has 0 aliphatic carbocycles. The second-order valence-corrected chi connectivity index (χ2v) is 2.58. The Morgan fingerprint density at radius 3 is 2.85 bits per heavy atom. The molecule has 66 valence electrons. The maximum absolute atomic E-state index is 11.1. The van der Waals surface area contributed by atoms with Gasteiger partial charge in [-0.05, 0) is 12.1 Å². The Kier molecular flexibility index (Phi) is 2.83. The van der Waals surface area contributed by atoms with Crippen LogP contribution in [0.4, 0.5) is 0 Å². The van der Waals surface area contributed by atoms with Crippen LogP contribution < -0.4 is 5.32 Å². The van der Waals surface area contributed by atoms with Gasteiger partial charge in [0.25, 0.3) is 5.91 Å². The maximum atomic E-state index is 11.1. The van der Waals surface area contributed by atoms with E-state index in [4.69, 9.17) is 16.9 Å². The van der Waals surface area contributed by atoms with Gasteiger partial charge in [-0.25, -0.2) is 4.98 Å². The van der Waals surface area contributed by atoms with Gasteiger partial charge in [0.1, 0.15) is 16.9 Å². The van der Waals surface area contributed by atoms with Crippen molar-refractivity contribution in [3.8, 4) is 6.07 Å².